The number of hydrogen-bond donors (Lipinski definition) is 1. The van der Waals surface area contributed by atoms with Gasteiger partial charge in [0.1, 0.15) is 0 Å². The topological polar surface area (TPSA) is 88.6 Å². The van der Waals surface area contributed by atoms with Crippen molar-refractivity contribution >= 4 is 23.5 Å². The van der Waals surface area contributed by atoms with Crippen molar-refractivity contribution in [1.82, 2.24) is 14.7 Å². The summed E-state index contributed by atoms with van der Waals surface area (Å²) in [6, 6.07) is 10.2. The average Bonchev–Trinajstić information content (AvgIpc) is 3.29. The van der Waals surface area contributed by atoms with Crippen molar-refractivity contribution in [1.29, 1.82) is 0 Å². The van der Waals surface area contributed by atoms with Crippen LogP contribution < -0.4 is 0 Å². The van der Waals surface area contributed by atoms with Gasteiger partial charge in [-0.15, -0.1) is 0 Å². The molecule has 3 heterocycles. The molecule has 1 amide bonds. The predicted molar refractivity (Wildman–Crippen MR) is 92.7 cm³/mol. The average molecular weight is 372 g/mol. The lowest BCUT2D eigenvalue weighted by Gasteiger charge is -2.27. The van der Waals surface area contributed by atoms with E-state index in [0.29, 0.717) is 23.6 Å². The third kappa shape index (κ3) is 2.76. The van der Waals surface area contributed by atoms with Gasteiger partial charge in [-0.05, 0) is 36.4 Å². The zero-order chi connectivity index (χ0) is 18.3. The second kappa shape index (κ2) is 6.34. The van der Waals surface area contributed by atoms with Crippen molar-refractivity contribution in [3.05, 3.63) is 70.4 Å². The largest absolute Gasteiger partial charge is 0.476 e. The van der Waals surface area contributed by atoms with E-state index in [1.165, 1.54) is 6.26 Å². The summed E-state index contributed by atoms with van der Waals surface area (Å²) in [5, 5.41) is 14.4. The fourth-order valence-corrected chi connectivity index (χ4v) is 3.24. The first-order valence-corrected chi connectivity index (χ1v) is 8.35. The van der Waals surface area contributed by atoms with E-state index in [0.717, 1.165) is 11.4 Å². The van der Waals surface area contributed by atoms with Crippen LogP contribution in [-0.2, 0) is 13.0 Å². The van der Waals surface area contributed by atoms with Gasteiger partial charge in [0.05, 0.1) is 24.2 Å². The lowest BCUT2D eigenvalue weighted by Crippen LogP contribution is -2.36. The van der Waals surface area contributed by atoms with Gasteiger partial charge in [-0.2, -0.15) is 5.10 Å². The molecule has 2 aromatic heterocycles. The molecule has 1 aliphatic heterocycles. The maximum Gasteiger partial charge on any atom is 0.356 e. The molecule has 4 rings (SSSR count). The van der Waals surface area contributed by atoms with E-state index in [4.69, 9.17) is 16.0 Å². The van der Waals surface area contributed by atoms with E-state index in [1.54, 1.807) is 46.0 Å². The van der Waals surface area contributed by atoms with Crippen LogP contribution in [0, 0.1) is 0 Å². The molecular formula is C18H14ClN3O4. The predicted octanol–water partition coefficient (Wildman–Crippen LogP) is 3.02. The van der Waals surface area contributed by atoms with Crippen LogP contribution in [0.5, 0.6) is 0 Å². The summed E-state index contributed by atoms with van der Waals surface area (Å²) in [6.07, 6.45) is 1.93. The van der Waals surface area contributed by atoms with E-state index in [2.05, 4.69) is 5.10 Å². The highest BCUT2D eigenvalue weighted by atomic mass is 35.5. The van der Waals surface area contributed by atoms with Crippen molar-refractivity contribution in [3.63, 3.8) is 0 Å². The first-order valence-electron chi connectivity index (χ1n) is 7.97. The fourth-order valence-electron chi connectivity index (χ4n) is 3.12. The summed E-state index contributed by atoms with van der Waals surface area (Å²) in [6.45, 7) is 0.620. The molecule has 26 heavy (non-hydrogen) atoms. The Morgan fingerprint density at radius 3 is 2.62 bits per heavy atom. The van der Waals surface area contributed by atoms with Crippen molar-refractivity contribution in [3.8, 4) is 5.69 Å². The Morgan fingerprint density at radius 2 is 1.96 bits per heavy atom. The quantitative estimate of drug-likeness (QED) is 0.764. The zero-order valence-electron chi connectivity index (χ0n) is 13.6. The fraction of sp³-hybridized carbons (Fsp3) is 0.167. The van der Waals surface area contributed by atoms with E-state index < -0.39 is 5.97 Å². The molecule has 0 radical (unpaired) electrons. The van der Waals surface area contributed by atoms with Crippen LogP contribution in [0.25, 0.3) is 5.69 Å². The van der Waals surface area contributed by atoms with Crippen LogP contribution in [0.4, 0.5) is 0 Å². The number of amides is 1. The van der Waals surface area contributed by atoms with E-state index >= 15 is 0 Å². The van der Waals surface area contributed by atoms with Crippen molar-refractivity contribution in [2.75, 3.05) is 6.54 Å². The molecule has 0 saturated carbocycles. The van der Waals surface area contributed by atoms with Crippen LogP contribution in [0.3, 0.4) is 0 Å². The van der Waals surface area contributed by atoms with Gasteiger partial charge in [0.2, 0.25) is 0 Å². The van der Waals surface area contributed by atoms with Crippen molar-refractivity contribution in [2.24, 2.45) is 0 Å². The molecule has 1 aliphatic rings. The smallest absolute Gasteiger partial charge is 0.356 e. The standard InChI is InChI=1S/C18H14ClN3O4/c19-11-3-5-12(6-4-11)22-14-7-8-21(17(23)15-2-1-9-26-15)10-13(14)16(20-22)18(24)25/h1-6,9H,7-8,10H2,(H,24,25). The number of carbonyl (C=O) groups excluding carboxylic acids is 1. The molecule has 3 aromatic rings. The SMILES string of the molecule is O=C(O)c1nn(-c2ccc(Cl)cc2)c2c1CN(C(=O)c1ccco1)CC2. The summed E-state index contributed by atoms with van der Waals surface area (Å²) >= 11 is 5.92. The Morgan fingerprint density at radius 1 is 1.19 bits per heavy atom. The number of rotatable bonds is 3. The maximum atomic E-state index is 12.5. The van der Waals surface area contributed by atoms with Crippen LogP contribution in [-0.4, -0.2) is 38.2 Å². The Labute approximate surface area is 153 Å². The van der Waals surface area contributed by atoms with Gasteiger partial charge in [0.15, 0.2) is 11.5 Å². The summed E-state index contributed by atoms with van der Waals surface area (Å²) in [4.78, 5) is 25.7. The molecule has 0 bridgehead atoms. The van der Waals surface area contributed by atoms with Crippen molar-refractivity contribution in [2.45, 2.75) is 13.0 Å². The Balaban J connectivity index is 1.73. The van der Waals surface area contributed by atoms with Crippen LogP contribution in [0.1, 0.15) is 32.3 Å². The molecule has 132 valence electrons. The second-order valence-corrected chi connectivity index (χ2v) is 6.36. The summed E-state index contributed by atoms with van der Waals surface area (Å²) in [5.41, 5.74) is 2.00. The molecule has 1 N–H and O–H groups in total. The first-order chi connectivity index (χ1) is 12.5. The van der Waals surface area contributed by atoms with Gasteiger partial charge in [-0.1, -0.05) is 11.6 Å². The van der Waals surface area contributed by atoms with Gasteiger partial charge in [0.25, 0.3) is 5.91 Å². The number of hydrogen-bond acceptors (Lipinski definition) is 4. The van der Waals surface area contributed by atoms with Crippen molar-refractivity contribution < 1.29 is 19.1 Å². The van der Waals surface area contributed by atoms with Gasteiger partial charge < -0.3 is 14.4 Å². The third-order valence-electron chi connectivity index (χ3n) is 4.35. The normalized spacial score (nSPS) is 13.5. The number of nitrogens with zero attached hydrogens (tertiary/aromatic N) is 3. The number of benzene rings is 1. The summed E-state index contributed by atoms with van der Waals surface area (Å²) in [7, 11) is 0. The number of aromatic carboxylic acids is 1. The third-order valence-corrected chi connectivity index (χ3v) is 4.60. The lowest BCUT2D eigenvalue weighted by molar-refractivity contribution is 0.0665. The number of fused-ring (bicyclic) bond motifs is 1. The molecule has 0 spiro atoms. The minimum atomic E-state index is -1.12. The Kier molecular flexibility index (Phi) is 4.00. The second-order valence-electron chi connectivity index (χ2n) is 5.92. The Bertz CT molecular complexity index is 977. The lowest BCUT2D eigenvalue weighted by atomic mass is 10.0. The van der Waals surface area contributed by atoms with Crippen LogP contribution in [0.2, 0.25) is 5.02 Å². The number of carbonyl (C=O) groups is 2. The molecule has 0 fully saturated rings. The van der Waals surface area contributed by atoms with E-state index in [1.807, 2.05) is 0 Å². The minimum Gasteiger partial charge on any atom is -0.476 e. The highest BCUT2D eigenvalue weighted by Gasteiger charge is 2.31. The molecule has 0 atom stereocenters. The molecule has 8 heteroatoms. The van der Waals surface area contributed by atoms with E-state index in [-0.39, 0.29) is 23.9 Å². The molecule has 0 aliphatic carbocycles. The van der Waals surface area contributed by atoms with Crippen LogP contribution >= 0.6 is 11.6 Å². The number of halogens is 1. The zero-order valence-corrected chi connectivity index (χ0v) is 14.3. The number of aromatic nitrogens is 2. The van der Waals surface area contributed by atoms with Gasteiger partial charge >= 0.3 is 5.97 Å². The van der Waals surface area contributed by atoms with E-state index in [9.17, 15) is 14.7 Å². The molecule has 0 saturated heterocycles. The minimum absolute atomic E-state index is 0.0492. The molecule has 7 nitrogen and oxygen atoms in total. The Hall–Kier alpha value is -3.06. The number of carboxylic acids is 1. The van der Waals surface area contributed by atoms with Gasteiger partial charge in [-0.25, -0.2) is 9.48 Å². The highest BCUT2D eigenvalue weighted by molar-refractivity contribution is 6.30. The monoisotopic (exact) mass is 371 g/mol. The molecular weight excluding hydrogens is 358 g/mol. The van der Waals surface area contributed by atoms with Gasteiger partial charge in [-0.3, -0.25) is 4.79 Å². The maximum absolute atomic E-state index is 12.5. The summed E-state index contributed by atoms with van der Waals surface area (Å²) < 4.78 is 6.77. The highest BCUT2D eigenvalue weighted by Crippen LogP contribution is 2.27. The molecule has 1 aromatic carbocycles. The number of furan rings is 1. The van der Waals surface area contributed by atoms with Gasteiger partial charge in [0, 0.05) is 23.6 Å². The first kappa shape index (κ1) is 16.4. The molecule has 0 unspecified atom stereocenters. The van der Waals surface area contributed by atoms with Crippen LogP contribution in [0.15, 0.2) is 47.1 Å². The number of carboxylic acid groups (broad SMARTS) is 1. The summed E-state index contributed by atoms with van der Waals surface area (Å²) in [5.74, 6) is -1.16.